The zero-order valence-corrected chi connectivity index (χ0v) is 12.9. The lowest BCUT2D eigenvalue weighted by Gasteiger charge is -2.33. The number of rotatable bonds is 4. The number of aromatic carboxylic acids is 1. The van der Waals surface area contributed by atoms with Crippen LogP contribution in [0.1, 0.15) is 49.5 Å². The highest BCUT2D eigenvalue weighted by molar-refractivity contribution is 14.1. The first-order valence-electron chi connectivity index (χ1n) is 5.75. The van der Waals surface area contributed by atoms with E-state index in [2.05, 4.69) is 50.3 Å². The summed E-state index contributed by atoms with van der Waals surface area (Å²) in [5.41, 5.74) is 1.56. The van der Waals surface area contributed by atoms with Crippen molar-refractivity contribution in [1.82, 2.24) is 0 Å². The first-order chi connectivity index (χ1) is 7.73. The van der Waals surface area contributed by atoms with Crippen molar-refractivity contribution in [3.8, 4) is 0 Å². The van der Waals surface area contributed by atoms with Gasteiger partial charge in [0.15, 0.2) is 0 Å². The molecule has 0 saturated heterocycles. The molecule has 1 rings (SSSR count). The van der Waals surface area contributed by atoms with Crippen molar-refractivity contribution in [2.24, 2.45) is 5.92 Å². The van der Waals surface area contributed by atoms with E-state index in [1.165, 1.54) is 5.56 Å². The lowest BCUT2D eigenvalue weighted by atomic mass is 9.80. The molecule has 0 bridgehead atoms. The number of carbonyl (C=O) groups is 1. The number of carboxylic acid groups (broad SMARTS) is 1. The molecule has 1 aromatic carbocycles. The number of hydrogen-bond acceptors (Lipinski definition) is 1. The average Bonchev–Trinajstić information content (AvgIpc) is 2.15. The van der Waals surface area contributed by atoms with Crippen LogP contribution in [0.4, 0.5) is 0 Å². The molecule has 0 radical (unpaired) electrons. The molecular weight excluding hydrogens is 327 g/mol. The third-order valence-corrected chi connectivity index (χ3v) is 3.59. The van der Waals surface area contributed by atoms with Gasteiger partial charge in [-0.25, -0.2) is 4.79 Å². The van der Waals surface area contributed by atoms with Crippen LogP contribution >= 0.6 is 22.6 Å². The number of halogens is 1. The SMILES string of the molecule is CC(C)C(c1ccc(C(=O)O)cc1)C(C)(C)I. The van der Waals surface area contributed by atoms with Crippen LogP contribution in [-0.2, 0) is 0 Å². The molecule has 0 heterocycles. The third kappa shape index (κ3) is 3.69. The smallest absolute Gasteiger partial charge is 0.335 e. The van der Waals surface area contributed by atoms with Crippen LogP contribution in [-0.4, -0.2) is 14.5 Å². The van der Waals surface area contributed by atoms with Gasteiger partial charge in [-0.15, -0.1) is 0 Å². The number of carboxylic acids is 1. The van der Waals surface area contributed by atoms with Gasteiger partial charge in [0, 0.05) is 9.34 Å². The van der Waals surface area contributed by atoms with E-state index < -0.39 is 5.97 Å². The fourth-order valence-corrected chi connectivity index (χ4v) is 3.49. The summed E-state index contributed by atoms with van der Waals surface area (Å²) in [6.07, 6.45) is 0. The lowest BCUT2D eigenvalue weighted by Crippen LogP contribution is -2.26. The quantitative estimate of drug-likeness (QED) is 0.651. The molecule has 17 heavy (non-hydrogen) atoms. The van der Waals surface area contributed by atoms with Gasteiger partial charge in [-0.05, 0) is 23.6 Å². The normalized spacial score (nSPS) is 13.8. The molecule has 1 aromatic rings. The van der Waals surface area contributed by atoms with Crippen LogP contribution < -0.4 is 0 Å². The van der Waals surface area contributed by atoms with Crippen molar-refractivity contribution in [2.45, 2.75) is 37.0 Å². The van der Waals surface area contributed by atoms with E-state index in [1.807, 2.05) is 12.1 Å². The highest BCUT2D eigenvalue weighted by Gasteiger charge is 2.30. The second kappa shape index (κ2) is 5.38. The topological polar surface area (TPSA) is 37.3 Å². The minimum atomic E-state index is -0.869. The molecule has 0 fully saturated rings. The predicted octanol–water partition coefficient (Wildman–Crippen LogP) is 4.34. The third-order valence-electron chi connectivity index (χ3n) is 2.92. The van der Waals surface area contributed by atoms with Crippen LogP contribution in [0.15, 0.2) is 24.3 Å². The molecule has 1 N–H and O–H groups in total. The Morgan fingerprint density at radius 3 is 2.00 bits per heavy atom. The van der Waals surface area contributed by atoms with Gasteiger partial charge in [0.2, 0.25) is 0 Å². The van der Waals surface area contributed by atoms with Gasteiger partial charge in [0.25, 0.3) is 0 Å². The summed E-state index contributed by atoms with van der Waals surface area (Å²) in [6.45, 7) is 8.83. The van der Waals surface area contributed by atoms with Crippen molar-refractivity contribution in [1.29, 1.82) is 0 Å². The van der Waals surface area contributed by atoms with Gasteiger partial charge < -0.3 is 5.11 Å². The van der Waals surface area contributed by atoms with Gasteiger partial charge in [-0.2, -0.15) is 0 Å². The molecule has 1 atom stereocenters. The Morgan fingerprint density at radius 1 is 1.24 bits per heavy atom. The molecule has 3 heteroatoms. The maximum absolute atomic E-state index is 10.8. The van der Waals surface area contributed by atoms with Crippen molar-refractivity contribution in [3.63, 3.8) is 0 Å². The number of benzene rings is 1. The fraction of sp³-hybridized carbons (Fsp3) is 0.500. The molecule has 0 aromatic heterocycles. The van der Waals surface area contributed by atoms with Crippen LogP contribution in [0.5, 0.6) is 0 Å². The first kappa shape index (κ1) is 14.5. The summed E-state index contributed by atoms with van der Waals surface area (Å²) >= 11 is 2.46. The average molecular weight is 346 g/mol. The summed E-state index contributed by atoms with van der Waals surface area (Å²) in [6, 6.07) is 7.26. The predicted molar refractivity (Wildman–Crippen MR) is 79.1 cm³/mol. The first-order valence-corrected chi connectivity index (χ1v) is 6.83. The van der Waals surface area contributed by atoms with E-state index in [0.29, 0.717) is 17.4 Å². The van der Waals surface area contributed by atoms with Gasteiger partial charge in [0.05, 0.1) is 5.56 Å². The summed E-state index contributed by atoms with van der Waals surface area (Å²) in [4.78, 5) is 10.8. The van der Waals surface area contributed by atoms with Crippen molar-refractivity contribution < 1.29 is 9.90 Å². The Balaban J connectivity index is 3.09. The fourth-order valence-electron chi connectivity index (χ4n) is 2.41. The summed E-state index contributed by atoms with van der Waals surface area (Å²) in [5, 5.41) is 8.88. The summed E-state index contributed by atoms with van der Waals surface area (Å²) < 4.78 is 0.149. The van der Waals surface area contributed by atoms with Crippen molar-refractivity contribution in [3.05, 3.63) is 35.4 Å². The molecule has 1 unspecified atom stereocenters. The molecule has 94 valence electrons. The molecule has 2 nitrogen and oxygen atoms in total. The van der Waals surface area contributed by atoms with Crippen molar-refractivity contribution in [2.75, 3.05) is 0 Å². The number of alkyl halides is 1. The molecule has 0 aliphatic rings. The number of hydrogen-bond donors (Lipinski definition) is 1. The maximum Gasteiger partial charge on any atom is 0.335 e. The van der Waals surface area contributed by atoms with Gasteiger partial charge in [-0.1, -0.05) is 62.4 Å². The van der Waals surface area contributed by atoms with Crippen molar-refractivity contribution >= 4 is 28.6 Å². The van der Waals surface area contributed by atoms with E-state index in [1.54, 1.807) is 12.1 Å². The van der Waals surface area contributed by atoms with E-state index in [4.69, 9.17) is 5.11 Å². The molecule has 0 amide bonds. The van der Waals surface area contributed by atoms with Gasteiger partial charge in [-0.3, -0.25) is 0 Å². The Morgan fingerprint density at radius 2 is 1.71 bits per heavy atom. The Hall–Kier alpha value is -0.580. The Bertz CT molecular complexity index is 388. The second-order valence-electron chi connectivity index (χ2n) is 5.21. The van der Waals surface area contributed by atoms with Crippen LogP contribution in [0.25, 0.3) is 0 Å². The maximum atomic E-state index is 10.8. The highest BCUT2D eigenvalue weighted by atomic mass is 127. The molecule has 0 spiro atoms. The zero-order chi connectivity index (χ0) is 13.2. The van der Waals surface area contributed by atoms with E-state index in [-0.39, 0.29) is 3.42 Å². The summed E-state index contributed by atoms with van der Waals surface area (Å²) in [5.74, 6) is 0.0786. The van der Waals surface area contributed by atoms with E-state index in [0.717, 1.165) is 0 Å². The largest absolute Gasteiger partial charge is 0.478 e. The van der Waals surface area contributed by atoms with Crippen LogP contribution in [0.2, 0.25) is 0 Å². The molecule has 0 saturated carbocycles. The highest BCUT2D eigenvalue weighted by Crippen LogP contribution is 2.40. The standard InChI is InChI=1S/C14H19IO2/c1-9(2)12(14(3,4)15)10-5-7-11(8-6-10)13(16)17/h5-9,12H,1-4H3,(H,16,17). The summed E-state index contributed by atoms with van der Waals surface area (Å²) in [7, 11) is 0. The molecule has 0 aliphatic heterocycles. The van der Waals surface area contributed by atoms with Crippen LogP contribution in [0.3, 0.4) is 0 Å². The molecule has 0 aliphatic carbocycles. The Labute approximate surface area is 117 Å². The monoisotopic (exact) mass is 346 g/mol. The van der Waals surface area contributed by atoms with E-state index in [9.17, 15) is 4.79 Å². The minimum absolute atomic E-state index is 0.149. The van der Waals surface area contributed by atoms with E-state index >= 15 is 0 Å². The minimum Gasteiger partial charge on any atom is -0.478 e. The van der Waals surface area contributed by atoms with Gasteiger partial charge >= 0.3 is 5.97 Å². The zero-order valence-electron chi connectivity index (χ0n) is 10.7. The second-order valence-corrected chi connectivity index (χ2v) is 7.99. The van der Waals surface area contributed by atoms with Gasteiger partial charge in [0.1, 0.15) is 0 Å². The van der Waals surface area contributed by atoms with Crippen LogP contribution in [0, 0.1) is 5.92 Å². The lowest BCUT2D eigenvalue weighted by molar-refractivity contribution is 0.0697. The molecular formula is C14H19IO2. The Kier molecular flexibility index (Phi) is 4.58.